The topological polar surface area (TPSA) is 71.4 Å². The first kappa shape index (κ1) is 21.6. The van der Waals surface area contributed by atoms with Crippen LogP contribution in [0.5, 0.6) is 5.88 Å². The zero-order chi connectivity index (χ0) is 17.4. The maximum absolute atomic E-state index is 5.54. The van der Waals surface area contributed by atoms with Crippen molar-refractivity contribution in [3.05, 3.63) is 40.0 Å². The van der Waals surface area contributed by atoms with E-state index in [0.717, 1.165) is 29.5 Å². The van der Waals surface area contributed by atoms with Gasteiger partial charge in [0.25, 0.3) is 0 Å². The Labute approximate surface area is 170 Å². The number of thiazole rings is 1. The summed E-state index contributed by atoms with van der Waals surface area (Å²) in [6, 6.07) is 3.89. The maximum atomic E-state index is 5.54. The number of ether oxygens (including phenoxy) is 1. The molecule has 0 bridgehead atoms. The number of aryl methyl sites for hydroxylation is 1. The molecule has 2 aromatic rings. The molecule has 0 aromatic carbocycles. The fourth-order valence-electron chi connectivity index (χ4n) is 2.04. The van der Waals surface area contributed by atoms with Gasteiger partial charge in [-0.15, -0.1) is 35.3 Å². The van der Waals surface area contributed by atoms with Crippen molar-refractivity contribution in [1.29, 1.82) is 0 Å². The van der Waals surface area contributed by atoms with E-state index in [1.165, 1.54) is 4.88 Å². The number of nitrogens with zero attached hydrogens (tertiary/aromatic N) is 3. The fourth-order valence-corrected chi connectivity index (χ4v) is 2.82. The Morgan fingerprint density at radius 1 is 1.24 bits per heavy atom. The molecule has 2 aromatic heterocycles. The summed E-state index contributed by atoms with van der Waals surface area (Å²) >= 11 is 1.73. The second kappa shape index (κ2) is 11.2. The van der Waals surface area contributed by atoms with E-state index in [1.54, 1.807) is 18.4 Å². The molecule has 2 N–H and O–H groups in total. The van der Waals surface area contributed by atoms with Crippen molar-refractivity contribution >= 4 is 41.3 Å². The Hall–Kier alpha value is -1.42. The van der Waals surface area contributed by atoms with Gasteiger partial charge in [0.2, 0.25) is 5.88 Å². The molecule has 138 valence electrons. The monoisotopic (exact) mass is 475 g/mol. The van der Waals surface area contributed by atoms with Crippen molar-refractivity contribution in [3.8, 4) is 5.88 Å². The van der Waals surface area contributed by atoms with Crippen LogP contribution in [-0.2, 0) is 13.0 Å². The van der Waals surface area contributed by atoms with Gasteiger partial charge in [-0.2, -0.15) is 0 Å². The summed E-state index contributed by atoms with van der Waals surface area (Å²) in [7, 11) is 1.76. The Kier molecular flexibility index (Phi) is 9.73. The van der Waals surface area contributed by atoms with E-state index in [-0.39, 0.29) is 30.1 Å². The predicted molar refractivity (Wildman–Crippen MR) is 114 cm³/mol. The highest BCUT2D eigenvalue weighted by Gasteiger charge is 2.03. The van der Waals surface area contributed by atoms with Crippen molar-refractivity contribution in [1.82, 2.24) is 20.6 Å². The van der Waals surface area contributed by atoms with Crippen molar-refractivity contribution in [2.75, 3.05) is 13.6 Å². The van der Waals surface area contributed by atoms with E-state index in [0.29, 0.717) is 12.4 Å². The predicted octanol–water partition coefficient (Wildman–Crippen LogP) is 3.16. The standard InChI is InChI=1S/C17H25N5OS.HI/c1-12(2)23-15-6-5-14(10-20-15)11-22-17(18-4)19-8-7-16-21-9-13(3)24-16;/h5-6,9-10,12H,7-8,11H2,1-4H3,(H2,18,19,22);1H. The van der Waals surface area contributed by atoms with E-state index < -0.39 is 0 Å². The Balaban J connectivity index is 0.00000312. The molecule has 0 aliphatic rings. The second-order valence-corrected chi connectivity index (χ2v) is 6.96. The number of aliphatic imine (C=N–C) groups is 1. The van der Waals surface area contributed by atoms with Gasteiger partial charge >= 0.3 is 0 Å². The zero-order valence-electron chi connectivity index (χ0n) is 15.1. The summed E-state index contributed by atoms with van der Waals surface area (Å²) in [5.74, 6) is 1.42. The molecule has 0 saturated carbocycles. The van der Waals surface area contributed by atoms with Gasteiger partial charge in [-0.3, -0.25) is 4.99 Å². The first-order valence-corrected chi connectivity index (χ1v) is 8.86. The van der Waals surface area contributed by atoms with E-state index >= 15 is 0 Å². The number of pyridine rings is 1. The normalized spacial score (nSPS) is 11.2. The summed E-state index contributed by atoms with van der Waals surface area (Å²) in [5.41, 5.74) is 1.07. The minimum absolute atomic E-state index is 0. The second-order valence-electron chi connectivity index (χ2n) is 5.64. The molecule has 8 heteroatoms. The third kappa shape index (κ3) is 8.00. The van der Waals surface area contributed by atoms with Crippen molar-refractivity contribution in [2.45, 2.75) is 39.8 Å². The first-order valence-electron chi connectivity index (χ1n) is 8.04. The average molecular weight is 475 g/mol. The Morgan fingerprint density at radius 2 is 2.04 bits per heavy atom. The van der Waals surface area contributed by atoms with E-state index in [2.05, 4.69) is 32.5 Å². The summed E-state index contributed by atoms with van der Waals surface area (Å²) in [4.78, 5) is 14.1. The van der Waals surface area contributed by atoms with E-state index in [9.17, 15) is 0 Å². The largest absolute Gasteiger partial charge is 0.475 e. The summed E-state index contributed by atoms with van der Waals surface area (Å²) in [6.07, 6.45) is 4.75. The van der Waals surface area contributed by atoms with Crippen LogP contribution in [-0.4, -0.2) is 35.6 Å². The molecule has 0 saturated heterocycles. The fraction of sp³-hybridized carbons (Fsp3) is 0.471. The summed E-state index contributed by atoms with van der Waals surface area (Å²) < 4.78 is 5.54. The SMILES string of the molecule is CN=C(NCCc1ncc(C)s1)NCc1ccc(OC(C)C)nc1.I. The molecule has 2 heterocycles. The van der Waals surface area contributed by atoms with E-state index in [1.807, 2.05) is 38.4 Å². The smallest absolute Gasteiger partial charge is 0.213 e. The number of rotatable bonds is 7. The lowest BCUT2D eigenvalue weighted by Gasteiger charge is -2.12. The minimum Gasteiger partial charge on any atom is -0.475 e. The molecule has 0 spiro atoms. The molecule has 0 radical (unpaired) electrons. The first-order chi connectivity index (χ1) is 11.6. The summed E-state index contributed by atoms with van der Waals surface area (Å²) in [6.45, 7) is 7.50. The minimum atomic E-state index is 0. The third-order valence-electron chi connectivity index (χ3n) is 3.14. The number of hydrogen-bond donors (Lipinski definition) is 2. The van der Waals surface area contributed by atoms with Crippen molar-refractivity contribution in [3.63, 3.8) is 0 Å². The third-order valence-corrected chi connectivity index (χ3v) is 4.11. The molecular weight excluding hydrogens is 449 g/mol. The van der Waals surface area contributed by atoms with Gasteiger partial charge < -0.3 is 15.4 Å². The molecule has 0 unspecified atom stereocenters. The molecular formula is C17H26IN5OS. The van der Waals surface area contributed by atoms with Gasteiger partial charge in [-0.05, 0) is 26.3 Å². The van der Waals surface area contributed by atoms with Crippen LogP contribution in [0.4, 0.5) is 0 Å². The Bertz CT molecular complexity index is 657. The number of aromatic nitrogens is 2. The van der Waals surface area contributed by atoms with Crippen molar-refractivity contribution in [2.24, 2.45) is 4.99 Å². The number of halogens is 1. The number of hydrogen-bond acceptors (Lipinski definition) is 5. The molecule has 0 fully saturated rings. The van der Waals surface area contributed by atoms with Crippen LogP contribution < -0.4 is 15.4 Å². The average Bonchev–Trinajstić information content (AvgIpc) is 2.97. The Morgan fingerprint density at radius 3 is 2.60 bits per heavy atom. The van der Waals surface area contributed by atoms with Gasteiger partial charge in [-0.1, -0.05) is 6.07 Å². The zero-order valence-corrected chi connectivity index (χ0v) is 18.2. The van der Waals surface area contributed by atoms with Crippen LogP contribution in [0.2, 0.25) is 0 Å². The van der Waals surface area contributed by atoms with Crippen LogP contribution in [0.1, 0.15) is 29.3 Å². The molecule has 6 nitrogen and oxygen atoms in total. The summed E-state index contributed by atoms with van der Waals surface area (Å²) in [5, 5.41) is 7.71. The highest BCUT2D eigenvalue weighted by molar-refractivity contribution is 14.0. The van der Waals surface area contributed by atoms with Gasteiger partial charge in [0, 0.05) is 49.9 Å². The number of nitrogens with one attached hydrogen (secondary N) is 2. The van der Waals surface area contributed by atoms with Gasteiger partial charge in [0.1, 0.15) is 0 Å². The van der Waals surface area contributed by atoms with Crippen molar-refractivity contribution < 1.29 is 4.74 Å². The molecule has 0 aliphatic carbocycles. The quantitative estimate of drug-likeness (QED) is 0.366. The van der Waals surface area contributed by atoms with Crippen LogP contribution in [0, 0.1) is 6.92 Å². The van der Waals surface area contributed by atoms with Gasteiger partial charge in [-0.25, -0.2) is 9.97 Å². The van der Waals surface area contributed by atoms with Crippen LogP contribution in [0.3, 0.4) is 0 Å². The highest BCUT2D eigenvalue weighted by Crippen LogP contribution is 2.11. The molecule has 0 atom stereocenters. The van der Waals surface area contributed by atoms with Gasteiger partial charge in [0.15, 0.2) is 5.96 Å². The lowest BCUT2D eigenvalue weighted by atomic mass is 10.3. The number of guanidine groups is 1. The molecule has 25 heavy (non-hydrogen) atoms. The highest BCUT2D eigenvalue weighted by atomic mass is 127. The maximum Gasteiger partial charge on any atom is 0.213 e. The molecule has 2 rings (SSSR count). The lowest BCUT2D eigenvalue weighted by molar-refractivity contribution is 0.232. The van der Waals surface area contributed by atoms with Crippen LogP contribution in [0.25, 0.3) is 0 Å². The lowest BCUT2D eigenvalue weighted by Crippen LogP contribution is -2.37. The van der Waals surface area contributed by atoms with Crippen LogP contribution in [0.15, 0.2) is 29.5 Å². The molecule has 0 aliphatic heterocycles. The van der Waals surface area contributed by atoms with E-state index in [4.69, 9.17) is 4.74 Å². The molecule has 0 amide bonds. The van der Waals surface area contributed by atoms with Crippen LogP contribution >= 0.6 is 35.3 Å². The van der Waals surface area contributed by atoms with Gasteiger partial charge in [0.05, 0.1) is 11.1 Å².